The summed E-state index contributed by atoms with van der Waals surface area (Å²) in [7, 11) is 0. The van der Waals surface area contributed by atoms with Crippen LogP contribution in [0.1, 0.15) is 33.6 Å². The Morgan fingerprint density at radius 1 is 1.46 bits per heavy atom. The lowest BCUT2D eigenvalue weighted by Crippen LogP contribution is -2.42. The second kappa shape index (κ2) is 6.33. The fourth-order valence-corrected chi connectivity index (χ4v) is 3.69. The van der Waals surface area contributed by atoms with Crippen molar-refractivity contribution in [1.82, 2.24) is 5.32 Å². The number of hydrogen-bond donors (Lipinski definition) is 2. The number of hydrogen-bond acceptors (Lipinski definition) is 5. The lowest BCUT2D eigenvalue weighted by molar-refractivity contribution is -0.385. The molecule has 24 heavy (non-hydrogen) atoms. The summed E-state index contributed by atoms with van der Waals surface area (Å²) in [6, 6.07) is 8.12. The molecule has 6 nitrogen and oxygen atoms in total. The van der Waals surface area contributed by atoms with Crippen molar-refractivity contribution in [3.8, 4) is 0 Å². The summed E-state index contributed by atoms with van der Waals surface area (Å²) in [4.78, 5) is 23.7. The molecule has 1 unspecified atom stereocenters. The summed E-state index contributed by atoms with van der Waals surface area (Å²) in [5, 5.41) is 26.6. The predicted octanol–water partition coefficient (Wildman–Crippen LogP) is 2.99. The van der Waals surface area contributed by atoms with Gasteiger partial charge in [0.1, 0.15) is 5.60 Å². The van der Waals surface area contributed by atoms with Crippen LogP contribution in [0.5, 0.6) is 0 Å². The second-order valence-corrected chi connectivity index (χ2v) is 7.06. The van der Waals surface area contributed by atoms with E-state index < -0.39 is 16.4 Å². The van der Waals surface area contributed by atoms with Crippen LogP contribution in [-0.2, 0) is 5.60 Å². The van der Waals surface area contributed by atoms with E-state index >= 15 is 0 Å². The average Bonchev–Trinajstić information content (AvgIpc) is 3.27. The van der Waals surface area contributed by atoms with Gasteiger partial charge in [-0.1, -0.05) is 12.1 Å². The van der Waals surface area contributed by atoms with Gasteiger partial charge in [-0.25, -0.2) is 0 Å². The summed E-state index contributed by atoms with van der Waals surface area (Å²) in [6.45, 7) is 1.72. The highest BCUT2D eigenvalue weighted by molar-refractivity contribution is 7.10. The number of nitro benzene ring substituents is 1. The van der Waals surface area contributed by atoms with Crippen LogP contribution in [0.4, 0.5) is 5.69 Å². The molecule has 3 rings (SSSR count). The van der Waals surface area contributed by atoms with Crippen molar-refractivity contribution in [2.45, 2.75) is 25.4 Å². The normalized spacial score (nSPS) is 16.4. The third-order valence-electron chi connectivity index (χ3n) is 4.39. The summed E-state index contributed by atoms with van der Waals surface area (Å²) in [6.07, 6.45) is 1.86. The Labute approximate surface area is 143 Å². The first-order chi connectivity index (χ1) is 11.4. The van der Waals surface area contributed by atoms with E-state index in [1.165, 1.54) is 17.4 Å². The van der Waals surface area contributed by atoms with Crippen LogP contribution in [-0.4, -0.2) is 22.5 Å². The van der Waals surface area contributed by atoms with Gasteiger partial charge >= 0.3 is 0 Å². The number of rotatable bonds is 6. The smallest absolute Gasteiger partial charge is 0.273 e. The van der Waals surface area contributed by atoms with Crippen LogP contribution in [0.25, 0.3) is 0 Å². The van der Waals surface area contributed by atoms with Crippen molar-refractivity contribution in [1.29, 1.82) is 0 Å². The molecule has 0 aliphatic heterocycles. The number of benzene rings is 1. The SMILES string of the molecule is Cc1ccc(C(=O)NCC(O)(c2cccs2)C2CC2)cc1[N+](=O)[O-]. The molecule has 1 aliphatic carbocycles. The van der Waals surface area contributed by atoms with Gasteiger partial charge < -0.3 is 10.4 Å². The maximum absolute atomic E-state index is 12.3. The summed E-state index contributed by atoms with van der Waals surface area (Å²) < 4.78 is 0. The van der Waals surface area contributed by atoms with Gasteiger partial charge in [-0.3, -0.25) is 14.9 Å². The van der Waals surface area contributed by atoms with Gasteiger partial charge in [-0.05, 0) is 43.2 Å². The molecule has 1 aromatic carbocycles. The second-order valence-electron chi connectivity index (χ2n) is 6.12. The molecule has 1 atom stereocenters. The molecule has 1 saturated carbocycles. The van der Waals surface area contributed by atoms with E-state index in [9.17, 15) is 20.0 Å². The molecule has 0 saturated heterocycles. The standard InChI is InChI=1S/C17H18N2O4S/c1-11-4-5-12(9-14(11)19(22)23)16(20)18-10-17(21,13-6-7-13)15-3-2-8-24-15/h2-5,8-9,13,21H,6-7,10H2,1H3,(H,18,20). The summed E-state index contributed by atoms with van der Waals surface area (Å²) in [5.41, 5.74) is -0.430. The Balaban J connectivity index is 1.75. The Morgan fingerprint density at radius 3 is 2.79 bits per heavy atom. The minimum atomic E-state index is -1.07. The van der Waals surface area contributed by atoms with Crippen molar-refractivity contribution in [2.24, 2.45) is 5.92 Å². The lowest BCUT2D eigenvalue weighted by atomic mass is 9.95. The lowest BCUT2D eigenvalue weighted by Gasteiger charge is -2.27. The topological polar surface area (TPSA) is 92.5 Å². The third-order valence-corrected chi connectivity index (χ3v) is 5.42. The Kier molecular flexibility index (Phi) is 4.38. The zero-order chi connectivity index (χ0) is 17.3. The molecule has 126 valence electrons. The minimum Gasteiger partial charge on any atom is -0.382 e. The molecule has 7 heteroatoms. The fourth-order valence-electron chi connectivity index (χ4n) is 2.78. The monoisotopic (exact) mass is 346 g/mol. The maximum Gasteiger partial charge on any atom is 0.273 e. The van der Waals surface area contributed by atoms with E-state index in [1.54, 1.807) is 19.1 Å². The number of nitro groups is 1. The number of carbonyl (C=O) groups excluding carboxylic acids is 1. The molecule has 1 aromatic heterocycles. The molecule has 1 fully saturated rings. The molecule has 2 N–H and O–H groups in total. The summed E-state index contributed by atoms with van der Waals surface area (Å²) >= 11 is 1.46. The third kappa shape index (κ3) is 3.18. The average molecular weight is 346 g/mol. The van der Waals surface area contributed by atoms with Crippen molar-refractivity contribution in [3.05, 3.63) is 61.8 Å². The molecule has 0 spiro atoms. The number of carbonyl (C=O) groups is 1. The summed E-state index contributed by atoms with van der Waals surface area (Å²) in [5.74, 6) is -0.280. The van der Waals surface area contributed by atoms with E-state index in [4.69, 9.17) is 0 Å². The van der Waals surface area contributed by atoms with Gasteiger partial charge in [0.05, 0.1) is 11.5 Å². The van der Waals surface area contributed by atoms with Gasteiger partial charge in [0, 0.05) is 22.1 Å². The number of thiophene rings is 1. The van der Waals surface area contributed by atoms with E-state index in [0.717, 1.165) is 17.7 Å². The van der Waals surface area contributed by atoms with Crippen LogP contribution < -0.4 is 5.32 Å². The molecular formula is C17H18N2O4S. The van der Waals surface area contributed by atoms with E-state index in [2.05, 4.69) is 5.32 Å². The fraction of sp³-hybridized carbons (Fsp3) is 0.353. The van der Waals surface area contributed by atoms with Crippen LogP contribution in [0.2, 0.25) is 0 Å². The minimum absolute atomic E-state index is 0.0849. The number of nitrogens with zero attached hydrogens (tertiary/aromatic N) is 1. The van der Waals surface area contributed by atoms with Crippen LogP contribution in [0, 0.1) is 23.0 Å². The van der Waals surface area contributed by atoms with Crippen molar-refractivity contribution >= 4 is 22.9 Å². The Hall–Kier alpha value is -2.25. The molecular weight excluding hydrogens is 328 g/mol. The van der Waals surface area contributed by atoms with Gasteiger partial charge in [0.25, 0.3) is 11.6 Å². The number of amides is 1. The van der Waals surface area contributed by atoms with E-state index in [-0.39, 0.29) is 23.7 Å². The van der Waals surface area contributed by atoms with Gasteiger partial charge in [0.2, 0.25) is 0 Å². The molecule has 1 heterocycles. The highest BCUT2D eigenvalue weighted by Crippen LogP contribution is 2.46. The van der Waals surface area contributed by atoms with Gasteiger partial charge in [-0.2, -0.15) is 0 Å². The molecule has 1 aliphatic rings. The van der Waals surface area contributed by atoms with Crippen LogP contribution >= 0.6 is 11.3 Å². The van der Waals surface area contributed by atoms with E-state index in [1.807, 2.05) is 17.5 Å². The first-order valence-corrected chi connectivity index (χ1v) is 8.59. The van der Waals surface area contributed by atoms with Gasteiger partial charge in [0.15, 0.2) is 0 Å². The zero-order valence-electron chi connectivity index (χ0n) is 13.2. The van der Waals surface area contributed by atoms with Gasteiger partial charge in [-0.15, -0.1) is 11.3 Å². The maximum atomic E-state index is 12.3. The van der Waals surface area contributed by atoms with Crippen LogP contribution in [0.15, 0.2) is 35.7 Å². The highest BCUT2D eigenvalue weighted by atomic mass is 32.1. The highest BCUT2D eigenvalue weighted by Gasteiger charge is 2.46. The van der Waals surface area contributed by atoms with Crippen molar-refractivity contribution in [2.75, 3.05) is 6.54 Å². The molecule has 0 radical (unpaired) electrons. The Morgan fingerprint density at radius 2 is 2.21 bits per heavy atom. The number of aryl methyl sites for hydroxylation is 1. The molecule has 0 bridgehead atoms. The predicted molar refractivity (Wildman–Crippen MR) is 91.1 cm³/mol. The zero-order valence-corrected chi connectivity index (χ0v) is 14.0. The van der Waals surface area contributed by atoms with E-state index in [0.29, 0.717) is 5.56 Å². The largest absolute Gasteiger partial charge is 0.382 e. The quantitative estimate of drug-likeness (QED) is 0.621. The first-order valence-electron chi connectivity index (χ1n) is 7.71. The van der Waals surface area contributed by atoms with Crippen molar-refractivity contribution < 1.29 is 14.8 Å². The molecule has 2 aromatic rings. The molecule has 1 amide bonds. The van der Waals surface area contributed by atoms with Crippen LogP contribution in [0.3, 0.4) is 0 Å². The first kappa shape index (κ1) is 16.6. The Bertz CT molecular complexity index is 771. The number of nitrogens with one attached hydrogen (secondary N) is 1. The van der Waals surface area contributed by atoms with Crippen molar-refractivity contribution in [3.63, 3.8) is 0 Å². The number of aliphatic hydroxyl groups is 1.